The molecule has 92 valence electrons. The molecule has 2 rings (SSSR count). The maximum Gasteiger partial charge on any atom is 0.337 e. The van der Waals surface area contributed by atoms with Crippen LogP contribution >= 0.6 is 0 Å². The fraction of sp³-hybridized carbons (Fsp3) is 0.500. The molecule has 0 radical (unpaired) electrons. The van der Waals surface area contributed by atoms with Crippen LogP contribution in [0.5, 0.6) is 0 Å². The molecule has 1 N–H and O–H groups in total. The van der Waals surface area contributed by atoms with Gasteiger partial charge in [-0.2, -0.15) is 0 Å². The lowest BCUT2D eigenvalue weighted by molar-refractivity contribution is 0.0696. The Morgan fingerprint density at radius 2 is 2.00 bits per heavy atom. The first kappa shape index (κ1) is 12.1. The van der Waals surface area contributed by atoms with Crippen LogP contribution in [0, 0.1) is 0 Å². The maximum atomic E-state index is 10.9. The lowest BCUT2D eigenvalue weighted by Gasteiger charge is -2.36. The number of hydrogen-bond donors (Lipinski definition) is 1. The monoisotopic (exact) mass is 250 g/mol. The Kier molecular flexibility index (Phi) is 3.19. The van der Waals surface area contributed by atoms with Gasteiger partial charge in [0.05, 0.1) is 25.5 Å². The second-order valence-corrected chi connectivity index (χ2v) is 10.7. The fourth-order valence-corrected chi connectivity index (χ4v) is 4.09. The van der Waals surface area contributed by atoms with Gasteiger partial charge in [-0.3, -0.25) is 4.98 Å². The van der Waals surface area contributed by atoms with Crippen molar-refractivity contribution >= 4 is 19.7 Å². The zero-order valence-electron chi connectivity index (χ0n) is 10.3. The largest absolute Gasteiger partial charge is 0.478 e. The van der Waals surface area contributed by atoms with E-state index in [1.165, 1.54) is 18.3 Å². The van der Waals surface area contributed by atoms with E-state index in [9.17, 15) is 4.79 Å². The average molecular weight is 250 g/mol. The molecule has 0 aromatic carbocycles. The van der Waals surface area contributed by atoms with E-state index < -0.39 is 14.0 Å². The number of hydrogen-bond acceptors (Lipinski definition) is 3. The smallest absolute Gasteiger partial charge is 0.337 e. The van der Waals surface area contributed by atoms with Gasteiger partial charge >= 0.3 is 5.97 Å². The highest BCUT2D eigenvalue weighted by atomic mass is 28.3. The van der Waals surface area contributed by atoms with Crippen molar-refractivity contribution in [3.63, 3.8) is 0 Å². The van der Waals surface area contributed by atoms with Gasteiger partial charge in [0, 0.05) is 19.3 Å². The number of pyridine rings is 1. The van der Waals surface area contributed by atoms with Crippen LogP contribution in [0.4, 0.5) is 5.69 Å². The number of rotatable bonds is 2. The van der Waals surface area contributed by atoms with E-state index in [1.807, 2.05) is 0 Å². The fourth-order valence-electron chi connectivity index (χ4n) is 2.09. The van der Waals surface area contributed by atoms with Crippen LogP contribution in [-0.2, 0) is 0 Å². The highest BCUT2D eigenvalue weighted by molar-refractivity contribution is 6.77. The molecule has 1 aliphatic rings. The molecule has 4 nitrogen and oxygen atoms in total. The molecule has 5 heteroatoms. The summed E-state index contributed by atoms with van der Waals surface area (Å²) in [4.78, 5) is 17.1. The predicted molar refractivity (Wildman–Crippen MR) is 70.5 cm³/mol. The summed E-state index contributed by atoms with van der Waals surface area (Å²) < 4.78 is 0. The van der Waals surface area contributed by atoms with Gasteiger partial charge in [-0.25, -0.2) is 4.79 Å². The second kappa shape index (κ2) is 4.48. The number of aromatic carboxylic acids is 1. The quantitative estimate of drug-likeness (QED) is 0.818. The number of carboxylic acids is 1. The van der Waals surface area contributed by atoms with Crippen molar-refractivity contribution in [2.24, 2.45) is 0 Å². The minimum absolute atomic E-state index is 0.268. The van der Waals surface area contributed by atoms with Crippen LogP contribution in [0.25, 0.3) is 0 Å². The molecule has 1 saturated heterocycles. The molecule has 2 heterocycles. The molecule has 0 bridgehead atoms. The topological polar surface area (TPSA) is 53.4 Å². The molecule has 1 aromatic rings. The second-order valence-electron chi connectivity index (χ2n) is 5.39. The van der Waals surface area contributed by atoms with E-state index in [-0.39, 0.29) is 5.56 Å². The lowest BCUT2D eigenvalue weighted by atomic mass is 10.2. The van der Waals surface area contributed by atoms with Crippen LogP contribution in [0.1, 0.15) is 10.4 Å². The highest BCUT2D eigenvalue weighted by Gasteiger charge is 2.27. The third-order valence-electron chi connectivity index (χ3n) is 3.45. The molecule has 0 spiro atoms. The van der Waals surface area contributed by atoms with Crippen LogP contribution in [0.2, 0.25) is 25.2 Å². The van der Waals surface area contributed by atoms with Crippen LogP contribution in [0.3, 0.4) is 0 Å². The molecule has 0 atom stereocenters. The summed E-state index contributed by atoms with van der Waals surface area (Å²) in [5.74, 6) is -0.911. The normalized spacial score (nSPS) is 19.1. The Balaban J connectivity index is 2.13. The van der Waals surface area contributed by atoms with E-state index in [1.54, 1.807) is 12.3 Å². The Morgan fingerprint density at radius 3 is 2.59 bits per heavy atom. The molecule has 1 aromatic heterocycles. The standard InChI is InChI=1S/C12H18N2O2Si/c1-17(2)5-3-14(4-6-17)11-7-10(12(15)16)8-13-9-11/h7-9H,3-6H2,1-2H3,(H,15,16). The van der Waals surface area contributed by atoms with Gasteiger partial charge in [0.2, 0.25) is 0 Å². The van der Waals surface area contributed by atoms with Gasteiger partial charge < -0.3 is 10.0 Å². The maximum absolute atomic E-state index is 10.9. The lowest BCUT2D eigenvalue weighted by Crippen LogP contribution is -2.42. The summed E-state index contributed by atoms with van der Waals surface area (Å²) in [5, 5.41) is 8.94. The molecular formula is C12H18N2O2Si. The van der Waals surface area contributed by atoms with E-state index in [4.69, 9.17) is 5.11 Å². The molecule has 0 aliphatic carbocycles. The van der Waals surface area contributed by atoms with E-state index in [0.29, 0.717) is 0 Å². The van der Waals surface area contributed by atoms with Crippen molar-refractivity contribution in [2.75, 3.05) is 18.0 Å². The highest BCUT2D eigenvalue weighted by Crippen LogP contribution is 2.26. The molecule has 17 heavy (non-hydrogen) atoms. The van der Waals surface area contributed by atoms with Gasteiger partial charge in [-0.05, 0) is 18.2 Å². The van der Waals surface area contributed by atoms with Gasteiger partial charge in [0.15, 0.2) is 0 Å². The summed E-state index contributed by atoms with van der Waals surface area (Å²) >= 11 is 0. The van der Waals surface area contributed by atoms with Crippen molar-refractivity contribution in [3.05, 3.63) is 24.0 Å². The minimum atomic E-state index is -0.979. The zero-order valence-corrected chi connectivity index (χ0v) is 11.3. The number of carboxylic acid groups (broad SMARTS) is 1. The summed E-state index contributed by atoms with van der Waals surface area (Å²) in [6.45, 7) is 6.89. The molecular weight excluding hydrogens is 232 g/mol. The third-order valence-corrected chi connectivity index (χ3v) is 6.61. The molecule has 0 amide bonds. The Hall–Kier alpha value is -1.36. The van der Waals surface area contributed by atoms with E-state index >= 15 is 0 Å². The van der Waals surface area contributed by atoms with Crippen molar-refractivity contribution in [3.8, 4) is 0 Å². The Morgan fingerprint density at radius 1 is 1.35 bits per heavy atom. The first-order valence-corrected chi connectivity index (χ1v) is 9.33. The molecule has 1 fully saturated rings. The van der Waals surface area contributed by atoms with Crippen molar-refractivity contribution in [1.29, 1.82) is 0 Å². The Labute approximate surface area is 102 Å². The van der Waals surface area contributed by atoms with Gasteiger partial charge in [-0.15, -0.1) is 0 Å². The predicted octanol–water partition coefficient (Wildman–Crippen LogP) is 2.31. The number of aromatic nitrogens is 1. The van der Waals surface area contributed by atoms with Crippen molar-refractivity contribution < 1.29 is 9.90 Å². The minimum Gasteiger partial charge on any atom is -0.478 e. The van der Waals surface area contributed by atoms with E-state index in [0.717, 1.165) is 18.8 Å². The molecule has 0 unspecified atom stereocenters. The summed E-state index contributed by atoms with van der Waals surface area (Å²) in [7, 11) is -0.979. The first-order valence-electron chi connectivity index (χ1n) is 5.91. The summed E-state index contributed by atoms with van der Waals surface area (Å²) in [6.07, 6.45) is 3.15. The molecule has 1 aliphatic heterocycles. The summed E-state index contributed by atoms with van der Waals surface area (Å²) in [6, 6.07) is 4.25. The number of nitrogens with zero attached hydrogens (tertiary/aromatic N) is 2. The average Bonchev–Trinajstić information content (AvgIpc) is 2.29. The number of anilines is 1. The summed E-state index contributed by atoms with van der Waals surface area (Å²) in [5.41, 5.74) is 1.21. The van der Waals surface area contributed by atoms with Gasteiger partial charge in [-0.1, -0.05) is 13.1 Å². The number of carbonyl (C=O) groups is 1. The molecule has 0 saturated carbocycles. The Bertz CT molecular complexity index is 424. The third kappa shape index (κ3) is 2.85. The first-order chi connectivity index (χ1) is 7.98. The van der Waals surface area contributed by atoms with Crippen LogP contribution < -0.4 is 4.90 Å². The van der Waals surface area contributed by atoms with Crippen molar-refractivity contribution in [1.82, 2.24) is 4.98 Å². The van der Waals surface area contributed by atoms with Gasteiger partial charge in [0.25, 0.3) is 0 Å². The SMILES string of the molecule is C[Si]1(C)CCN(c2cncc(C(=O)O)c2)CC1. The van der Waals surface area contributed by atoms with Crippen molar-refractivity contribution in [2.45, 2.75) is 25.2 Å². The zero-order chi connectivity index (χ0) is 12.5. The van der Waals surface area contributed by atoms with Crippen LogP contribution in [-0.4, -0.2) is 37.2 Å². The van der Waals surface area contributed by atoms with Gasteiger partial charge in [0.1, 0.15) is 0 Å². The van der Waals surface area contributed by atoms with E-state index in [2.05, 4.69) is 23.0 Å². The van der Waals surface area contributed by atoms with Crippen LogP contribution in [0.15, 0.2) is 18.5 Å².